The molecule has 0 aliphatic rings. The van der Waals surface area contributed by atoms with Crippen molar-refractivity contribution in [3.8, 4) is 0 Å². The highest BCUT2D eigenvalue weighted by molar-refractivity contribution is 5.79. The third kappa shape index (κ3) is 8.15. The van der Waals surface area contributed by atoms with Crippen molar-refractivity contribution in [2.24, 2.45) is 28.9 Å². The molecule has 0 bridgehead atoms. The molecular formula is C15H30N2O3. The second-order valence-corrected chi connectivity index (χ2v) is 7.11. The van der Waals surface area contributed by atoms with Crippen molar-refractivity contribution in [2.45, 2.75) is 47.5 Å². The zero-order chi connectivity index (χ0) is 15.9. The molecule has 2 atom stereocenters. The number of hydrogen-bond donors (Lipinski definition) is 3. The molecule has 0 saturated carbocycles. The van der Waals surface area contributed by atoms with Gasteiger partial charge in [-0.3, -0.25) is 9.59 Å². The van der Waals surface area contributed by atoms with Gasteiger partial charge in [0, 0.05) is 13.1 Å². The number of carboxylic acids is 1. The van der Waals surface area contributed by atoms with E-state index in [2.05, 4.69) is 26.1 Å². The summed E-state index contributed by atoms with van der Waals surface area (Å²) >= 11 is 0. The van der Waals surface area contributed by atoms with E-state index < -0.39 is 11.9 Å². The van der Waals surface area contributed by atoms with Gasteiger partial charge >= 0.3 is 5.97 Å². The first kappa shape index (κ1) is 18.9. The summed E-state index contributed by atoms with van der Waals surface area (Å²) in [6, 6.07) is 0. The molecule has 0 radical (unpaired) electrons. The standard InChI is InChI=1S/C15H30N2O3/c1-10(2)6-11(14(19)20)9-17-13(18)12(8-16)7-15(3,4)5/h10-12H,6-9,16H2,1-5H3,(H,17,18)(H,19,20). The van der Waals surface area contributed by atoms with Crippen LogP contribution in [0.3, 0.4) is 0 Å². The normalized spacial score (nSPS) is 14.9. The van der Waals surface area contributed by atoms with Crippen LogP contribution < -0.4 is 11.1 Å². The van der Waals surface area contributed by atoms with Gasteiger partial charge in [-0.25, -0.2) is 0 Å². The summed E-state index contributed by atoms with van der Waals surface area (Å²) in [5.74, 6) is -1.51. The van der Waals surface area contributed by atoms with E-state index >= 15 is 0 Å². The fourth-order valence-corrected chi connectivity index (χ4v) is 2.23. The van der Waals surface area contributed by atoms with Crippen LogP contribution >= 0.6 is 0 Å². The number of amides is 1. The van der Waals surface area contributed by atoms with Crippen LogP contribution in [0.4, 0.5) is 0 Å². The van der Waals surface area contributed by atoms with Crippen LogP contribution in [0.2, 0.25) is 0 Å². The second kappa shape index (κ2) is 8.25. The van der Waals surface area contributed by atoms with E-state index in [-0.39, 0.29) is 36.2 Å². The number of hydrogen-bond acceptors (Lipinski definition) is 3. The van der Waals surface area contributed by atoms with Crippen LogP contribution in [-0.2, 0) is 9.59 Å². The van der Waals surface area contributed by atoms with Crippen molar-refractivity contribution < 1.29 is 14.7 Å². The molecule has 0 aliphatic carbocycles. The maximum absolute atomic E-state index is 12.1. The van der Waals surface area contributed by atoms with Gasteiger partial charge in [0.15, 0.2) is 0 Å². The lowest BCUT2D eigenvalue weighted by atomic mass is 9.84. The number of aliphatic carboxylic acids is 1. The van der Waals surface area contributed by atoms with E-state index in [1.807, 2.05) is 13.8 Å². The number of carbonyl (C=O) groups is 2. The highest BCUT2D eigenvalue weighted by Gasteiger charge is 2.25. The molecule has 0 aromatic heterocycles. The van der Waals surface area contributed by atoms with Gasteiger partial charge in [0.05, 0.1) is 11.8 Å². The minimum absolute atomic E-state index is 0.0194. The van der Waals surface area contributed by atoms with Gasteiger partial charge in [-0.2, -0.15) is 0 Å². The molecule has 0 spiro atoms. The van der Waals surface area contributed by atoms with E-state index in [1.165, 1.54) is 0 Å². The summed E-state index contributed by atoms with van der Waals surface area (Å²) in [4.78, 5) is 23.2. The Hall–Kier alpha value is -1.10. The van der Waals surface area contributed by atoms with E-state index in [0.29, 0.717) is 12.8 Å². The van der Waals surface area contributed by atoms with Crippen molar-refractivity contribution in [2.75, 3.05) is 13.1 Å². The SMILES string of the molecule is CC(C)CC(CNC(=O)C(CN)CC(C)(C)C)C(=O)O. The lowest BCUT2D eigenvalue weighted by Gasteiger charge is -2.25. The first-order valence-electron chi connectivity index (χ1n) is 7.27. The van der Waals surface area contributed by atoms with E-state index in [0.717, 1.165) is 0 Å². The minimum atomic E-state index is -0.862. The van der Waals surface area contributed by atoms with Crippen LogP contribution in [0.1, 0.15) is 47.5 Å². The third-order valence-electron chi connectivity index (χ3n) is 3.14. The first-order valence-corrected chi connectivity index (χ1v) is 7.27. The quantitative estimate of drug-likeness (QED) is 0.635. The summed E-state index contributed by atoms with van der Waals surface area (Å²) in [7, 11) is 0. The summed E-state index contributed by atoms with van der Waals surface area (Å²) in [5, 5.41) is 11.9. The Morgan fingerprint density at radius 2 is 1.75 bits per heavy atom. The zero-order valence-corrected chi connectivity index (χ0v) is 13.4. The number of nitrogens with one attached hydrogen (secondary N) is 1. The number of carbonyl (C=O) groups excluding carboxylic acids is 1. The van der Waals surface area contributed by atoms with Crippen LogP contribution in [0.5, 0.6) is 0 Å². The third-order valence-corrected chi connectivity index (χ3v) is 3.14. The van der Waals surface area contributed by atoms with Crippen LogP contribution in [0.15, 0.2) is 0 Å². The van der Waals surface area contributed by atoms with Crippen molar-refractivity contribution >= 4 is 11.9 Å². The van der Waals surface area contributed by atoms with Crippen molar-refractivity contribution in [1.82, 2.24) is 5.32 Å². The average molecular weight is 286 g/mol. The molecule has 4 N–H and O–H groups in total. The fraction of sp³-hybridized carbons (Fsp3) is 0.867. The maximum Gasteiger partial charge on any atom is 0.308 e. The molecule has 0 rings (SSSR count). The monoisotopic (exact) mass is 286 g/mol. The van der Waals surface area contributed by atoms with Gasteiger partial charge in [0.2, 0.25) is 5.91 Å². The number of carboxylic acid groups (broad SMARTS) is 1. The molecule has 0 fully saturated rings. The van der Waals surface area contributed by atoms with Crippen LogP contribution in [0, 0.1) is 23.2 Å². The Balaban J connectivity index is 4.45. The predicted octanol–water partition coefficient (Wildman–Crippen LogP) is 1.86. The molecule has 2 unspecified atom stereocenters. The Bertz CT molecular complexity index is 322. The van der Waals surface area contributed by atoms with Crippen molar-refractivity contribution in [3.05, 3.63) is 0 Å². The first-order chi connectivity index (χ1) is 9.06. The van der Waals surface area contributed by atoms with E-state index in [9.17, 15) is 9.59 Å². The highest BCUT2D eigenvalue weighted by Crippen LogP contribution is 2.24. The van der Waals surface area contributed by atoms with Gasteiger partial charge in [-0.15, -0.1) is 0 Å². The highest BCUT2D eigenvalue weighted by atomic mass is 16.4. The van der Waals surface area contributed by atoms with E-state index in [4.69, 9.17) is 10.8 Å². The van der Waals surface area contributed by atoms with Crippen LogP contribution in [0.25, 0.3) is 0 Å². The van der Waals surface area contributed by atoms with Gasteiger partial charge in [-0.1, -0.05) is 34.6 Å². The smallest absolute Gasteiger partial charge is 0.308 e. The zero-order valence-electron chi connectivity index (χ0n) is 13.4. The minimum Gasteiger partial charge on any atom is -0.481 e. The summed E-state index contributed by atoms with van der Waals surface area (Å²) in [6.07, 6.45) is 1.25. The summed E-state index contributed by atoms with van der Waals surface area (Å²) in [5.41, 5.74) is 5.67. The molecule has 1 amide bonds. The number of rotatable bonds is 8. The molecule has 20 heavy (non-hydrogen) atoms. The molecule has 0 aromatic rings. The molecule has 5 heteroatoms. The molecular weight excluding hydrogens is 256 g/mol. The van der Waals surface area contributed by atoms with Gasteiger partial charge in [0.1, 0.15) is 0 Å². The largest absolute Gasteiger partial charge is 0.481 e. The summed E-state index contributed by atoms with van der Waals surface area (Å²) in [6.45, 7) is 10.6. The molecule has 0 saturated heterocycles. The molecule has 118 valence electrons. The molecule has 0 aromatic carbocycles. The maximum atomic E-state index is 12.1. The van der Waals surface area contributed by atoms with Crippen molar-refractivity contribution in [1.29, 1.82) is 0 Å². The Labute approximate surface area is 122 Å². The van der Waals surface area contributed by atoms with Crippen molar-refractivity contribution in [3.63, 3.8) is 0 Å². The van der Waals surface area contributed by atoms with Gasteiger partial charge in [0.25, 0.3) is 0 Å². The van der Waals surface area contributed by atoms with Gasteiger partial charge < -0.3 is 16.2 Å². The lowest BCUT2D eigenvalue weighted by Crippen LogP contribution is -2.40. The topological polar surface area (TPSA) is 92.4 Å². The lowest BCUT2D eigenvalue weighted by molar-refractivity contribution is -0.142. The Kier molecular flexibility index (Phi) is 7.79. The Morgan fingerprint density at radius 1 is 1.20 bits per heavy atom. The van der Waals surface area contributed by atoms with Crippen LogP contribution in [-0.4, -0.2) is 30.1 Å². The molecule has 0 aliphatic heterocycles. The predicted molar refractivity (Wildman–Crippen MR) is 80.2 cm³/mol. The number of nitrogens with two attached hydrogens (primary N) is 1. The summed E-state index contributed by atoms with van der Waals surface area (Å²) < 4.78 is 0. The fourth-order valence-electron chi connectivity index (χ4n) is 2.23. The van der Waals surface area contributed by atoms with Gasteiger partial charge in [-0.05, 0) is 24.2 Å². The molecule has 5 nitrogen and oxygen atoms in total. The Morgan fingerprint density at radius 3 is 2.10 bits per heavy atom. The average Bonchev–Trinajstić information content (AvgIpc) is 2.29. The molecule has 0 heterocycles. The second-order valence-electron chi connectivity index (χ2n) is 7.11. The van der Waals surface area contributed by atoms with E-state index in [1.54, 1.807) is 0 Å².